The number of hydrogen-bond donors (Lipinski definition) is 0. The summed E-state index contributed by atoms with van der Waals surface area (Å²) < 4.78 is 12.8. The van der Waals surface area contributed by atoms with E-state index < -0.39 is 5.82 Å². The monoisotopic (exact) mass is 242 g/mol. The second-order valence-electron chi connectivity index (χ2n) is 3.85. The quantitative estimate of drug-likeness (QED) is 0.600. The van der Waals surface area contributed by atoms with Crippen LogP contribution in [0.1, 0.15) is 30.6 Å². The summed E-state index contributed by atoms with van der Waals surface area (Å²) in [6, 6.07) is 3.69. The third-order valence-electron chi connectivity index (χ3n) is 2.22. The molecular weight excluding hydrogens is 231 g/mol. The predicted octanol–water partition coefficient (Wildman–Crippen LogP) is 3.28. The Morgan fingerprint density at radius 2 is 2.00 bits per heavy atom. The summed E-state index contributed by atoms with van der Waals surface area (Å²) in [5.41, 5.74) is 0.264. The van der Waals surface area contributed by atoms with Crippen LogP contribution in [-0.2, 0) is 4.79 Å². The van der Waals surface area contributed by atoms with E-state index >= 15 is 0 Å². The van der Waals surface area contributed by atoms with Crippen molar-refractivity contribution < 1.29 is 14.0 Å². The van der Waals surface area contributed by atoms with E-state index in [1.54, 1.807) is 13.8 Å². The van der Waals surface area contributed by atoms with Gasteiger partial charge in [0.2, 0.25) is 0 Å². The Kier molecular flexibility index (Phi) is 4.19. The highest BCUT2D eigenvalue weighted by Gasteiger charge is 2.15. The molecule has 0 aliphatic heterocycles. The van der Waals surface area contributed by atoms with Crippen LogP contribution in [0.3, 0.4) is 0 Å². The number of benzene rings is 1. The Morgan fingerprint density at radius 3 is 2.50 bits per heavy atom. The molecule has 0 bridgehead atoms. The van der Waals surface area contributed by atoms with E-state index in [0.717, 1.165) is 6.07 Å². The van der Waals surface area contributed by atoms with Crippen LogP contribution in [0.25, 0.3) is 0 Å². The second-order valence-corrected chi connectivity index (χ2v) is 4.26. The maximum atomic E-state index is 12.8. The van der Waals surface area contributed by atoms with Gasteiger partial charge in [-0.05, 0) is 18.2 Å². The van der Waals surface area contributed by atoms with Crippen molar-refractivity contribution in [3.05, 3.63) is 34.6 Å². The van der Waals surface area contributed by atoms with E-state index in [9.17, 15) is 14.0 Å². The average Bonchev–Trinajstić information content (AvgIpc) is 2.21. The van der Waals surface area contributed by atoms with Crippen LogP contribution in [0.15, 0.2) is 18.2 Å². The first kappa shape index (κ1) is 12.8. The van der Waals surface area contributed by atoms with E-state index in [2.05, 4.69) is 0 Å². The number of hydrogen-bond acceptors (Lipinski definition) is 2. The molecule has 0 amide bonds. The van der Waals surface area contributed by atoms with Gasteiger partial charge in [-0.1, -0.05) is 25.4 Å². The van der Waals surface area contributed by atoms with Gasteiger partial charge in [-0.3, -0.25) is 9.59 Å². The third kappa shape index (κ3) is 3.14. The molecular formula is C12H12ClFO2. The largest absolute Gasteiger partial charge is 0.299 e. The van der Waals surface area contributed by atoms with Crippen LogP contribution >= 0.6 is 11.6 Å². The lowest BCUT2D eigenvalue weighted by Crippen LogP contribution is -2.13. The first-order chi connectivity index (χ1) is 7.41. The highest BCUT2D eigenvalue weighted by molar-refractivity contribution is 6.31. The Labute approximate surface area is 98.4 Å². The molecule has 0 unspecified atom stereocenters. The van der Waals surface area contributed by atoms with Crippen molar-refractivity contribution >= 4 is 23.2 Å². The summed E-state index contributed by atoms with van der Waals surface area (Å²) in [6.07, 6.45) is -0.167. The number of halogens is 2. The Morgan fingerprint density at radius 1 is 1.38 bits per heavy atom. The minimum Gasteiger partial charge on any atom is -0.299 e. The van der Waals surface area contributed by atoms with Crippen LogP contribution < -0.4 is 0 Å². The van der Waals surface area contributed by atoms with Crippen molar-refractivity contribution in [3.63, 3.8) is 0 Å². The standard InChI is InChI=1S/C12H12ClFO2/c1-7(2)11(15)6-12(16)8-3-4-10(14)9(13)5-8/h3-5,7H,6H2,1-2H3. The van der Waals surface area contributed by atoms with Gasteiger partial charge in [-0.25, -0.2) is 4.39 Å². The van der Waals surface area contributed by atoms with Crippen LogP contribution in [0.5, 0.6) is 0 Å². The minimum atomic E-state index is -0.576. The molecule has 0 radical (unpaired) electrons. The number of rotatable bonds is 4. The third-order valence-corrected chi connectivity index (χ3v) is 2.51. The molecule has 1 aromatic rings. The Hall–Kier alpha value is -1.22. The summed E-state index contributed by atoms with van der Waals surface area (Å²) >= 11 is 5.54. The summed E-state index contributed by atoms with van der Waals surface area (Å²) in [5.74, 6) is -1.22. The van der Waals surface area contributed by atoms with Crippen molar-refractivity contribution in [1.82, 2.24) is 0 Å². The zero-order chi connectivity index (χ0) is 12.3. The van der Waals surface area contributed by atoms with E-state index in [1.165, 1.54) is 12.1 Å². The maximum Gasteiger partial charge on any atom is 0.170 e. The molecule has 0 heterocycles. The molecule has 4 heteroatoms. The van der Waals surface area contributed by atoms with Gasteiger partial charge >= 0.3 is 0 Å². The molecule has 0 atom stereocenters. The smallest absolute Gasteiger partial charge is 0.170 e. The van der Waals surface area contributed by atoms with Gasteiger partial charge in [0.05, 0.1) is 11.4 Å². The topological polar surface area (TPSA) is 34.1 Å². The summed E-state index contributed by atoms with van der Waals surface area (Å²) in [6.45, 7) is 3.46. The van der Waals surface area contributed by atoms with Gasteiger partial charge in [0, 0.05) is 11.5 Å². The Bertz CT molecular complexity index is 427. The molecule has 1 aromatic carbocycles. The van der Waals surface area contributed by atoms with E-state index in [0.29, 0.717) is 0 Å². The molecule has 0 fully saturated rings. The van der Waals surface area contributed by atoms with Crippen molar-refractivity contribution in [2.75, 3.05) is 0 Å². The molecule has 0 aliphatic rings. The number of carbonyl (C=O) groups is 2. The summed E-state index contributed by atoms with van der Waals surface area (Å²) in [7, 11) is 0. The highest BCUT2D eigenvalue weighted by Crippen LogP contribution is 2.17. The molecule has 0 spiro atoms. The zero-order valence-corrected chi connectivity index (χ0v) is 9.84. The van der Waals surface area contributed by atoms with Gasteiger partial charge in [0.1, 0.15) is 11.6 Å². The van der Waals surface area contributed by atoms with Crippen molar-refractivity contribution in [2.24, 2.45) is 5.92 Å². The van der Waals surface area contributed by atoms with E-state index in [4.69, 9.17) is 11.6 Å². The van der Waals surface area contributed by atoms with E-state index in [1.807, 2.05) is 0 Å². The number of ketones is 2. The molecule has 86 valence electrons. The molecule has 2 nitrogen and oxygen atoms in total. The molecule has 0 aliphatic carbocycles. The average molecular weight is 243 g/mol. The van der Waals surface area contributed by atoms with Gasteiger partial charge in [-0.15, -0.1) is 0 Å². The molecule has 0 aromatic heterocycles. The first-order valence-electron chi connectivity index (χ1n) is 4.92. The molecule has 0 saturated carbocycles. The lowest BCUT2D eigenvalue weighted by Gasteiger charge is -2.04. The van der Waals surface area contributed by atoms with Crippen molar-refractivity contribution in [2.45, 2.75) is 20.3 Å². The number of Topliss-reactive ketones (excluding diaryl/α,β-unsaturated/α-hetero) is 2. The van der Waals surface area contributed by atoms with Gasteiger partial charge < -0.3 is 0 Å². The fourth-order valence-corrected chi connectivity index (χ4v) is 1.31. The summed E-state index contributed by atoms with van der Waals surface area (Å²) in [4.78, 5) is 23.0. The van der Waals surface area contributed by atoms with E-state index in [-0.39, 0.29) is 34.5 Å². The predicted molar refractivity (Wildman–Crippen MR) is 60.2 cm³/mol. The maximum absolute atomic E-state index is 12.8. The van der Waals surface area contributed by atoms with Gasteiger partial charge in [-0.2, -0.15) is 0 Å². The lowest BCUT2D eigenvalue weighted by molar-refractivity contribution is -0.121. The highest BCUT2D eigenvalue weighted by atomic mass is 35.5. The first-order valence-corrected chi connectivity index (χ1v) is 5.30. The van der Waals surface area contributed by atoms with Crippen molar-refractivity contribution in [1.29, 1.82) is 0 Å². The van der Waals surface area contributed by atoms with Crippen molar-refractivity contribution in [3.8, 4) is 0 Å². The zero-order valence-electron chi connectivity index (χ0n) is 9.09. The molecule has 0 saturated heterocycles. The fraction of sp³-hybridized carbons (Fsp3) is 0.333. The molecule has 1 rings (SSSR count). The Balaban J connectivity index is 2.81. The minimum absolute atomic E-state index is 0.108. The number of carbonyl (C=O) groups excluding carboxylic acids is 2. The van der Waals surface area contributed by atoms with Crippen LogP contribution in [0.2, 0.25) is 5.02 Å². The van der Waals surface area contributed by atoms with Crippen LogP contribution in [-0.4, -0.2) is 11.6 Å². The van der Waals surface area contributed by atoms with Gasteiger partial charge in [0.15, 0.2) is 5.78 Å². The SMILES string of the molecule is CC(C)C(=O)CC(=O)c1ccc(F)c(Cl)c1. The lowest BCUT2D eigenvalue weighted by atomic mass is 10.00. The molecule has 16 heavy (non-hydrogen) atoms. The molecule has 0 N–H and O–H groups in total. The fourth-order valence-electron chi connectivity index (χ4n) is 1.13. The van der Waals surface area contributed by atoms with Gasteiger partial charge in [0.25, 0.3) is 0 Å². The second kappa shape index (κ2) is 5.21. The van der Waals surface area contributed by atoms with Crippen LogP contribution in [0.4, 0.5) is 4.39 Å². The summed E-state index contributed by atoms with van der Waals surface area (Å²) in [5, 5.41) is -0.108. The van der Waals surface area contributed by atoms with Crippen LogP contribution in [0, 0.1) is 11.7 Å². The normalized spacial score (nSPS) is 10.6.